The molecule has 0 aromatic heterocycles. The molecular weight excluding hydrogens is 833 g/mol. The van der Waals surface area contributed by atoms with E-state index in [-0.39, 0.29) is 0 Å². The molecule has 0 aromatic carbocycles. The Balaban J connectivity index is 0.000000391. The molecule has 7 aliphatic rings. The van der Waals surface area contributed by atoms with Gasteiger partial charge in [-0.2, -0.15) is 30.6 Å². The van der Waals surface area contributed by atoms with Crippen molar-refractivity contribution in [2.45, 2.75) is 233 Å². The first kappa shape index (κ1) is 60.1. The number of amidine groups is 1. The molecule has 0 aromatic rings. The van der Waals surface area contributed by atoms with E-state index in [0.717, 1.165) is 116 Å². The molecule has 7 aliphatic heterocycles. The highest BCUT2D eigenvalue weighted by Gasteiger charge is 2.05. The second kappa shape index (κ2) is 35.2. The lowest BCUT2D eigenvalue weighted by atomic mass is 10.1. The van der Waals surface area contributed by atoms with Crippen LogP contribution in [0.4, 0.5) is 0 Å². The summed E-state index contributed by atoms with van der Waals surface area (Å²) in [6, 6.07) is 0. The molecule has 67 heavy (non-hydrogen) atoms. The lowest BCUT2D eigenvalue weighted by molar-refractivity contribution is 0.326. The first-order chi connectivity index (χ1) is 31.7. The molecule has 0 saturated carbocycles. The van der Waals surface area contributed by atoms with E-state index >= 15 is 0 Å². The quantitative estimate of drug-likeness (QED) is 0.233. The molecule has 0 amide bonds. The van der Waals surface area contributed by atoms with Crippen molar-refractivity contribution in [3.8, 4) is 0 Å². The van der Waals surface area contributed by atoms with Gasteiger partial charge in [0, 0.05) is 88.4 Å². The highest BCUT2D eigenvalue weighted by molar-refractivity contribution is 5.96. The molecule has 0 spiro atoms. The molecule has 7 heterocycles. The maximum Gasteiger partial charge on any atom is 0.217 e. The third kappa shape index (κ3) is 32.4. The fourth-order valence-corrected chi connectivity index (χ4v) is 6.81. The maximum absolute atomic E-state index is 4.85. The highest BCUT2D eigenvalue weighted by Crippen LogP contribution is 2.19. The van der Waals surface area contributed by atoms with Crippen LogP contribution in [0.15, 0.2) is 95.0 Å². The summed E-state index contributed by atoms with van der Waals surface area (Å²) >= 11 is 0. The number of rotatable bonds is 0. The molecule has 0 unspecified atom stereocenters. The Bertz CT molecular complexity index is 1870. The summed E-state index contributed by atoms with van der Waals surface area (Å²) in [6.07, 6.45) is 22.9. The Morgan fingerprint density at radius 3 is 1.07 bits per heavy atom. The molecule has 13 nitrogen and oxygen atoms in total. The smallest absolute Gasteiger partial charge is 0.217 e. The summed E-state index contributed by atoms with van der Waals surface area (Å²) < 4.78 is 0. The first-order valence-corrected chi connectivity index (χ1v) is 24.8. The van der Waals surface area contributed by atoms with Gasteiger partial charge in [0.05, 0.1) is 5.71 Å². The van der Waals surface area contributed by atoms with Crippen LogP contribution in [0.5, 0.6) is 0 Å². The van der Waals surface area contributed by atoms with E-state index in [0.29, 0.717) is 5.90 Å². The molecule has 13 heteroatoms. The molecular formula is C54H90N12O. The standard InChI is InChI=1S/C9H14N2.2C9H15N.3C7H12N2.C6H10N2O/c1-7-5-4-6-8(2)11-9(3)10-7;2*1-7-5-4-6-8(2)10-9(7)3;3*1-6-4-3-5-7(2)9-8-6;1-5-3-4-7-6(2)9-8-5/h5H,4,6H2,1-3H3;2*4-6H2,1-3H3;3*3-5H2,1-2H3;3-4H2,1-2H3/b7-5-,10-9?,11-8?;;;;;;. The van der Waals surface area contributed by atoms with Gasteiger partial charge in [-0.1, -0.05) is 22.4 Å². The van der Waals surface area contributed by atoms with Crippen molar-refractivity contribution in [1.29, 1.82) is 0 Å². The Hall–Kier alpha value is -4.94. The molecule has 0 bridgehead atoms. The lowest BCUT2D eigenvalue weighted by Crippen LogP contribution is -1.98. The van der Waals surface area contributed by atoms with Gasteiger partial charge in [-0.05, 0) is 220 Å². The molecule has 0 N–H and O–H groups in total. The van der Waals surface area contributed by atoms with Crippen LogP contribution in [-0.4, -0.2) is 75.4 Å². The van der Waals surface area contributed by atoms with Crippen LogP contribution in [0.1, 0.15) is 233 Å². The molecule has 0 atom stereocenters. The summed E-state index contributed by atoms with van der Waals surface area (Å²) in [5, 5.41) is 27.8. The SMILES string of the molecule is CC1=NC(C)=C(C)CCC1.CC1=NC(C)=C(C)CCC1.CC1=NC(C)=N/C(C)=C\CC1.CC1=NN=C(C)CCC1.CC1=NN=C(C)CCC1.CC1=NN=C(C)CCC1.CC1=NOC(C)=NCC1. The highest BCUT2D eigenvalue weighted by atomic mass is 16.6. The Morgan fingerprint density at radius 1 is 0.343 bits per heavy atom. The Labute approximate surface area is 407 Å². The summed E-state index contributed by atoms with van der Waals surface area (Å²) in [5.41, 5.74) is 18.2. The van der Waals surface area contributed by atoms with Crippen LogP contribution in [0, 0.1) is 0 Å². The van der Waals surface area contributed by atoms with E-state index < -0.39 is 0 Å². The zero-order valence-corrected chi connectivity index (χ0v) is 45.3. The van der Waals surface area contributed by atoms with Gasteiger partial charge >= 0.3 is 0 Å². The topological polar surface area (TPSA) is 158 Å². The van der Waals surface area contributed by atoms with Crippen LogP contribution in [0.3, 0.4) is 0 Å². The van der Waals surface area contributed by atoms with Gasteiger partial charge in [-0.25, -0.2) is 9.98 Å². The van der Waals surface area contributed by atoms with Crippen LogP contribution < -0.4 is 0 Å². The second-order valence-electron chi connectivity index (χ2n) is 18.7. The van der Waals surface area contributed by atoms with E-state index in [4.69, 9.17) is 4.84 Å². The van der Waals surface area contributed by atoms with E-state index in [1.54, 1.807) is 0 Å². The molecule has 0 fully saturated rings. The average molecular weight is 923 g/mol. The summed E-state index contributed by atoms with van der Waals surface area (Å²) in [6.45, 7) is 35.5. The minimum Gasteiger partial charge on any atom is -0.342 e. The number of oxime groups is 1. The minimum absolute atomic E-state index is 0.659. The van der Waals surface area contributed by atoms with Crippen molar-refractivity contribution in [2.75, 3.05) is 6.54 Å². The van der Waals surface area contributed by atoms with E-state index in [1.165, 1.54) is 97.5 Å². The Morgan fingerprint density at radius 2 is 0.687 bits per heavy atom. The number of nitrogens with zero attached hydrogens (tertiary/aromatic N) is 12. The Kier molecular flexibility index (Phi) is 31.6. The lowest BCUT2D eigenvalue weighted by Gasteiger charge is -2.02. The third-order valence-corrected chi connectivity index (χ3v) is 11.3. The van der Waals surface area contributed by atoms with Gasteiger partial charge in [0.1, 0.15) is 5.84 Å². The number of aliphatic imine (C=N–C) groups is 5. The summed E-state index contributed by atoms with van der Waals surface area (Å²) in [4.78, 5) is 26.4. The van der Waals surface area contributed by atoms with Crippen molar-refractivity contribution in [3.63, 3.8) is 0 Å². The fraction of sp³-hybridized carbons (Fsp3) is 0.667. The third-order valence-electron chi connectivity index (χ3n) is 11.3. The van der Waals surface area contributed by atoms with E-state index in [2.05, 4.69) is 108 Å². The van der Waals surface area contributed by atoms with Crippen molar-refractivity contribution in [1.82, 2.24) is 0 Å². The monoisotopic (exact) mass is 923 g/mol. The zero-order valence-electron chi connectivity index (χ0n) is 45.3. The van der Waals surface area contributed by atoms with Crippen molar-refractivity contribution in [2.24, 2.45) is 60.7 Å². The van der Waals surface area contributed by atoms with Crippen molar-refractivity contribution >= 4 is 68.9 Å². The van der Waals surface area contributed by atoms with Crippen LogP contribution >= 0.6 is 0 Å². The average Bonchev–Trinajstić information content (AvgIpc) is 3.84. The van der Waals surface area contributed by atoms with Crippen LogP contribution in [0.2, 0.25) is 0 Å². The van der Waals surface area contributed by atoms with Gasteiger partial charge in [-0.3, -0.25) is 15.0 Å². The largest absolute Gasteiger partial charge is 0.342 e. The second-order valence-corrected chi connectivity index (χ2v) is 18.7. The zero-order chi connectivity index (χ0) is 50.1. The van der Waals surface area contributed by atoms with Gasteiger partial charge < -0.3 is 4.84 Å². The molecule has 7 rings (SSSR count). The van der Waals surface area contributed by atoms with Gasteiger partial charge in [-0.15, -0.1) is 0 Å². The molecule has 0 saturated heterocycles. The number of hydrogen-bond acceptors (Lipinski definition) is 13. The summed E-state index contributed by atoms with van der Waals surface area (Å²) in [5.74, 6) is 1.53. The maximum atomic E-state index is 4.85. The van der Waals surface area contributed by atoms with E-state index in [1.807, 2.05) is 76.2 Å². The van der Waals surface area contributed by atoms with Crippen LogP contribution in [0.25, 0.3) is 0 Å². The predicted octanol–water partition coefficient (Wildman–Crippen LogP) is 15.6. The normalized spacial score (nSPS) is 20.8. The van der Waals surface area contributed by atoms with Gasteiger partial charge in [0.25, 0.3) is 0 Å². The minimum atomic E-state index is 0.659. The van der Waals surface area contributed by atoms with Crippen molar-refractivity contribution < 1.29 is 4.84 Å². The molecule has 0 radical (unpaired) electrons. The molecule has 0 aliphatic carbocycles. The van der Waals surface area contributed by atoms with Gasteiger partial charge in [0.15, 0.2) is 0 Å². The number of allylic oxidation sites excluding steroid dienone is 6. The van der Waals surface area contributed by atoms with Gasteiger partial charge in [0.2, 0.25) is 5.90 Å². The van der Waals surface area contributed by atoms with E-state index in [9.17, 15) is 0 Å². The van der Waals surface area contributed by atoms with Crippen molar-refractivity contribution in [3.05, 3.63) is 34.3 Å². The fourth-order valence-electron chi connectivity index (χ4n) is 6.81. The van der Waals surface area contributed by atoms with Crippen LogP contribution in [-0.2, 0) is 4.84 Å². The predicted molar refractivity (Wildman–Crippen MR) is 297 cm³/mol. The molecule has 372 valence electrons. The summed E-state index contributed by atoms with van der Waals surface area (Å²) in [7, 11) is 0. The number of hydrogen-bond donors (Lipinski definition) is 0. The first-order valence-electron chi connectivity index (χ1n) is 24.8.